The molecule has 2 N–H and O–H groups in total. The van der Waals surface area contributed by atoms with Crippen LogP contribution in [0, 0.1) is 0 Å². The highest BCUT2D eigenvalue weighted by Gasteiger charge is 2.10. The Balaban J connectivity index is 1.42. The third-order valence-electron chi connectivity index (χ3n) is 4.85. The lowest BCUT2D eigenvalue weighted by atomic mass is 10.2. The number of carbonyl (C=O) groups excluding carboxylic acids is 3. The van der Waals surface area contributed by atoms with Crippen molar-refractivity contribution in [3.05, 3.63) is 94.0 Å². The van der Waals surface area contributed by atoms with Gasteiger partial charge in [-0.05, 0) is 78.7 Å². The maximum atomic E-state index is 12.4. The fourth-order valence-corrected chi connectivity index (χ4v) is 3.32. The molecule has 186 valence electrons. The van der Waals surface area contributed by atoms with Crippen LogP contribution in [0.15, 0.2) is 82.4 Å². The molecule has 2 amide bonds. The van der Waals surface area contributed by atoms with Crippen molar-refractivity contribution in [2.75, 3.05) is 13.2 Å². The molecule has 0 bridgehead atoms. The Hall–Kier alpha value is -3.98. The molecule has 3 aromatic carbocycles. The number of benzene rings is 3. The van der Waals surface area contributed by atoms with Gasteiger partial charge < -0.3 is 14.8 Å². The zero-order chi connectivity index (χ0) is 25.8. The van der Waals surface area contributed by atoms with Crippen LogP contribution >= 0.6 is 15.9 Å². The topological polar surface area (TPSA) is 106 Å². The first-order valence-corrected chi connectivity index (χ1v) is 12.1. The molecular weight excluding hydrogens is 526 g/mol. The number of carbonyl (C=O) groups is 3. The van der Waals surface area contributed by atoms with E-state index in [-0.39, 0.29) is 12.5 Å². The molecule has 0 saturated carbocycles. The summed E-state index contributed by atoms with van der Waals surface area (Å²) in [6, 6.07) is 20.3. The predicted molar refractivity (Wildman–Crippen MR) is 140 cm³/mol. The lowest BCUT2D eigenvalue weighted by molar-refractivity contribution is -0.120. The van der Waals surface area contributed by atoms with Gasteiger partial charge in [0.25, 0.3) is 11.8 Å². The fourth-order valence-electron chi connectivity index (χ4n) is 2.92. The molecule has 0 aromatic heterocycles. The quantitative estimate of drug-likeness (QED) is 0.118. The lowest BCUT2D eigenvalue weighted by Gasteiger charge is -2.07. The smallest absolute Gasteiger partial charge is 0.343 e. The van der Waals surface area contributed by atoms with E-state index in [4.69, 9.17) is 9.47 Å². The van der Waals surface area contributed by atoms with E-state index in [1.807, 2.05) is 0 Å². The number of esters is 1. The summed E-state index contributed by atoms with van der Waals surface area (Å²) in [5, 5.41) is 6.40. The highest BCUT2D eigenvalue weighted by molar-refractivity contribution is 9.10. The summed E-state index contributed by atoms with van der Waals surface area (Å²) >= 11 is 3.30. The molecule has 0 heterocycles. The van der Waals surface area contributed by atoms with Gasteiger partial charge in [0.2, 0.25) is 0 Å². The van der Waals surface area contributed by atoms with Gasteiger partial charge in [0.05, 0.1) is 24.9 Å². The van der Waals surface area contributed by atoms with E-state index >= 15 is 0 Å². The van der Waals surface area contributed by atoms with E-state index in [1.54, 1.807) is 72.8 Å². The van der Waals surface area contributed by atoms with Crippen LogP contribution < -0.4 is 20.2 Å². The van der Waals surface area contributed by atoms with Crippen LogP contribution in [0.5, 0.6) is 11.5 Å². The van der Waals surface area contributed by atoms with Gasteiger partial charge in [0.1, 0.15) is 11.5 Å². The molecular formula is C27H26BrN3O5. The van der Waals surface area contributed by atoms with E-state index in [9.17, 15) is 14.4 Å². The third-order valence-corrected chi connectivity index (χ3v) is 5.34. The molecule has 9 heteroatoms. The Morgan fingerprint density at radius 2 is 1.67 bits per heavy atom. The van der Waals surface area contributed by atoms with Crippen molar-refractivity contribution in [2.45, 2.75) is 19.8 Å². The summed E-state index contributed by atoms with van der Waals surface area (Å²) in [6.45, 7) is 2.52. The first kappa shape index (κ1) is 26.6. The molecule has 0 unspecified atom stereocenters. The highest BCUT2D eigenvalue weighted by Crippen LogP contribution is 2.17. The highest BCUT2D eigenvalue weighted by atomic mass is 79.9. The van der Waals surface area contributed by atoms with Gasteiger partial charge in [0.15, 0.2) is 0 Å². The van der Waals surface area contributed by atoms with E-state index in [1.165, 1.54) is 6.21 Å². The predicted octanol–water partition coefficient (Wildman–Crippen LogP) is 4.73. The maximum absolute atomic E-state index is 12.4. The van der Waals surface area contributed by atoms with Crippen molar-refractivity contribution in [2.24, 2.45) is 5.10 Å². The molecule has 0 aliphatic rings. The number of ether oxygens (including phenoxy) is 2. The number of hydrogen-bond acceptors (Lipinski definition) is 6. The molecule has 3 rings (SSSR count). The van der Waals surface area contributed by atoms with Gasteiger partial charge in [-0.2, -0.15) is 5.10 Å². The van der Waals surface area contributed by atoms with Crippen molar-refractivity contribution in [3.63, 3.8) is 0 Å². The average Bonchev–Trinajstić information content (AvgIpc) is 2.89. The van der Waals surface area contributed by atoms with E-state index in [2.05, 4.69) is 38.7 Å². The molecule has 36 heavy (non-hydrogen) atoms. The van der Waals surface area contributed by atoms with Gasteiger partial charge >= 0.3 is 5.97 Å². The van der Waals surface area contributed by atoms with Gasteiger partial charge in [-0.1, -0.05) is 35.3 Å². The summed E-state index contributed by atoms with van der Waals surface area (Å²) in [6.07, 6.45) is 3.47. The zero-order valence-electron chi connectivity index (χ0n) is 19.7. The van der Waals surface area contributed by atoms with Crippen molar-refractivity contribution < 1.29 is 23.9 Å². The number of hydrogen-bond donors (Lipinski definition) is 2. The lowest BCUT2D eigenvalue weighted by Crippen LogP contribution is -2.34. The Morgan fingerprint density at radius 3 is 2.36 bits per heavy atom. The molecule has 0 radical (unpaired) electrons. The van der Waals surface area contributed by atoms with Crippen LogP contribution in [-0.4, -0.2) is 37.1 Å². The number of amides is 2. The largest absolute Gasteiger partial charge is 0.494 e. The normalized spacial score (nSPS) is 10.6. The number of rotatable bonds is 11. The summed E-state index contributed by atoms with van der Waals surface area (Å²) < 4.78 is 11.8. The summed E-state index contributed by atoms with van der Waals surface area (Å²) in [5.74, 6) is -0.227. The number of halogens is 1. The van der Waals surface area contributed by atoms with Crippen LogP contribution in [0.3, 0.4) is 0 Å². The molecule has 0 aliphatic heterocycles. The minimum atomic E-state index is -0.478. The molecule has 0 fully saturated rings. The van der Waals surface area contributed by atoms with Crippen molar-refractivity contribution in [3.8, 4) is 11.5 Å². The van der Waals surface area contributed by atoms with Crippen LogP contribution in [0.25, 0.3) is 0 Å². The van der Waals surface area contributed by atoms with E-state index < -0.39 is 11.9 Å². The van der Waals surface area contributed by atoms with Crippen molar-refractivity contribution in [1.29, 1.82) is 0 Å². The maximum Gasteiger partial charge on any atom is 0.343 e. The minimum Gasteiger partial charge on any atom is -0.494 e. The van der Waals surface area contributed by atoms with Gasteiger partial charge in [0, 0.05) is 10.0 Å². The van der Waals surface area contributed by atoms with E-state index in [0.29, 0.717) is 34.8 Å². The Labute approximate surface area is 217 Å². The Kier molecular flexibility index (Phi) is 10.2. The summed E-state index contributed by atoms with van der Waals surface area (Å²) in [4.78, 5) is 36.4. The van der Waals surface area contributed by atoms with Crippen LogP contribution in [0.4, 0.5) is 0 Å². The van der Waals surface area contributed by atoms with Crippen LogP contribution in [-0.2, 0) is 4.79 Å². The number of nitrogens with zero attached hydrogens (tertiary/aromatic N) is 1. The number of nitrogens with one attached hydrogen (secondary N) is 2. The zero-order valence-corrected chi connectivity index (χ0v) is 21.3. The van der Waals surface area contributed by atoms with Gasteiger partial charge in [-0.15, -0.1) is 0 Å². The summed E-state index contributed by atoms with van der Waals surface area (Å²) in [7, 11) is 0. The van der Waals surface area contributed by atoms with Crippen molar-refractivity contribution in [1.82, 2.24) is 10.7 Å². The van der Waals surface area contributed by atoms with Gasteiger partial charge in [-0.3, -0.25) is 9.59 Å². The second kappa shape index (κ2) is 13.8. The van der Waals surface area contributed by atoms with Crippen molar-refractivity contribution >= 4 is 39.9 Å². The second-order valence-electron chi connectivity index (χ2n) is 7.67. The monoisotopic (exact) mass is 551 g/mol. The Morgan fingerprint density at radius 1 is 0.944 bits per heavy atom. The SMILES string of the molecule is CCCCOc1ccc(C(=O)Oc2ccc(C=NNC(=O)CNC(=O)c3cccc(Br)c3)cc2)cc1. The van der Waals surface area contributed by atoms with Crippen LogP contribution in [0.2, 0.25) is 0 Å². The molecule has 0 saturated heterocycles. The summed E-state index contributed by atoms with van der Waals surface area (Å²) in [5.41, 5.74) is 3.89. The fraction of sp³-hybridized carbons (Fsp3) is 0.185. The first-order chi connectivity index (χ1) is 17.4. The molecule has 8 nitrogen and oxygen atoms in total. The van der Waals surface area contributed by atoms with Crippen LogP contribution in [0.1, 0.15) is 46.0 Å². The molecule has 3 aromatic rings. The molecule has 0 atom stereocenters. The molecule has 0 spiro atoms. The minimum absolute atomic E-state index is 0.219. The first-order valence-electron chi connectivity index (χ1n) is 11.4. The number of unbranched alkanes of at least 4 members (excludes halogenated alkanes) is 1. The van der Waals surface area contributed by atoms with Gasteiger partial charge in [-0.25, -0.2) is 10.2 Å². The second-order valence-corrected chi connectivity index (χ2v) is 8.59. The standard InChI is InChI=1S/C27H26BrN3O5/c1-2-3-15-35-23-13-9-20(10-14-23)27(34)36-24-11-7-19(8-12-24)17-30-31-25(32)18-29-26(33)21-5-4-6-22(28)16-21/h4-14,16-17H,2-3,15,18H2,1H3,(H,29,33)(H,31,32). The average molecular weight is 552 g/mol. The molecule has 0 aliphatic carbocycles. The third kappa shape index (κ3) is 8.66. The van der Waals surface area contributed by atoms with E-state index in [0.717, 1.165) is 17.3 Å². The Bertz CT molecular complexity index is 1210. The number of hydrazone groups is 1.